The molecule has 0 aliphatic carbocycles. The van der Waals surface area contributed by atoms with Crippen molar-refractivity contribution < 1.29 is 9.53 Å². The summed E-state index contributed by atoms with van der Waals surface area (Å²) in [7, 11) is 0. The Bertz CT molecular complexity index is 143. The predicted molar refractivity (Wildman–Crippen MR) is 59.2 cm³/mol. The summed E-state index contributed by atoms with van der Waals surface area (Å²) in [5.74, 6) is -0.0259. The first-order chi connectivity index (χ1) is 6.70. The minimum atomic E-state index is -0.0259. The minimum absolute atomic E-state index is 0.0259. The lowest BCUT2D eigenvalue weighted by Gasteiger charge is -2.12. The molecular weight excluding hydrogens is 176 g/mol. The monoisotopic (exact) mass is 200 g/mol. The van der Waals surface area contributed by atoms with Crippen LogP contribution in [-0.4, -0.2) is 12.1 Å². The van der Waals surface area contributed by atoms with Crippen molar-refractivity contribution in [3.63, 3.8) is 0 Å². The van der Waals surface area contributed by atoms with Crippen LogP contribution in [0.3, 0.4) is 0 Å². The highest BCUT2D eigenvalue weighted by atomic mass is 16.5. The molecule has 1 atom stereocenters. The highest BCUT2D eigenvalue weighted by molar-refractivity contribution is 5.69. The number of carbonyl (C=O) groups excluding carboxylic acids is 1. The minimum Gasteiger partial charge on any atom is -0.463 e. The first-order valence-electron chi connectivity index (χ1n) is 5.90. The summed E-state index contributed by atoms with van der Waals surface area (Å²) < 4.78 is 5.26. The summed E-state index contributed by atoms with van der Waals surface area (Å²) in [6, 6.07) is 0. The topological polar surface area (TPSA) is 26.3 Å². The molecule has 84 valence electrons. The van der Waals surface area contributed by atoms with Gasteiger partial charge in [-0.2, -0.15) is 0 Å². The molecule has 0 heterocycles. The van der Waals surface area contributed by atoms with Crippen molar-refractivity contribution in [2.75, 3.05) is 0 Å². The van der Waals surface area contributed by atoms with Gasteiger partial charge in [-0.05, 0) is 19.8 Å². The quantitative estimate of drug-likeness (QED) is 0.441. The fourth-order valence-electron chi connectivity index (χ4n) is 1.35. The number of carbonyl (C=O) groups is 1. The van der Waals surface area contributed by atoms with E-state index in [9.17, 15) is 4.79 Å². The van der Waals surface area contributed by atoms with Crippen molar-refractivity contribution in [1.82, 2.24) is 0 Å². The van der Waals surface area contributed by atoms with Gasteiger partial charge in [0.15, 0.2) is 0 Å². The van der Waals surface area contributed by atoms with Gasteiger partial charge in [0.25, 0.3) is 0 Å². The SMILES string of the molecule is CCCCCC(=O)O[C@H](C)CCCC. The molecule has 0 bridgehead atoms. The maximum absolute atomic E-state index is 11.3. The van der Waals surface area contributed by atoms with Gasteiger partial charge >= 0.3 is 5.97 Å². The van der Waals surface area contributed by atoms with Gasteiger partial charge < -0.3 is 4.74 Å². The van der Waals surface area contributed by atoms with E-state index in [0.29, 0.717) is 6.42 Å². The maximum Gasteiger partial charge on any atom is 0.306 e. The van der Waals surface area contributed by atoms with Crippen LogP contribution in [-0.2, 0) is 9.53 Å². The number of hydrogen-bond donors (Lipinski definition) is 0. The van der Waals surface area contributed by atoms with Gasteiger partial charge in [-0.25, -0.2) is 0 Å². The zero-order valence-corrected chi connectivity index (χ0v) is 9.84. The Hall–Kier alpha value is -0.530. The van der Waals surface area contributed by atoms with Crippen LogP contribution in [0.4, 0.5) is 0 Å². The van der Waals surface area contributed by atoms with Gasteiger partial charge in [0.05, 0.1) is 6.10 Å². The Labute approximate surface area is 88.0 Å². The molecule has 0 spiro atoms. The Kier molecular flexibility index (Phi) is 8.70. The number of esters is 1. The van der Waals surface area contributed by atoms with Crippen molar-refractivity contribution in [3.8, 4) is 0 Å². The third kappa shape index (κ3) is 8.09. The highest BCUT2D eigenvalue weighted by Crippen LogP contribution is 2.07. The molecule has 0 N–H and O–H groups in total. The maximum atomic E-state index is 11.3. The van der Waals surface area contributed by atoms with E-state index < -0.39 is 0 Å². The molecule has 0 aromatic carbocycles. The fourth-order valence-corrected chi connectivity index (χ4v) is 1.35. The van der Waals surface area contributed by atoms with Crippen molar-refractivity contribution in [2.45, 2.75) is 71.8 Å². The van der Waals surface area contributed by atoms with Gasteiger partial charge in [-0.1, -0.05) is 39.5 Å². The van der Waals surface area contributed by atoms with Gasteiger partial charge in [0.2, 0.25) is 0 Å². The summed E-state index contributed by atoms with van der Waals surface area (Å²) in [4.78, 5) is 11.3. The number of ether oxygens (including phenoxy) is 1. The van der Waals surface area contributed by atoms with E-state index in [-0.39, 0.29) is 12.1 Å². The van der Waals surface area contributed by atoms with Crippen LogP contribution >= 0.6 is 0 Å². The normalized spacial score (nSPS) is 12.5. The molecule has 0 amide bonds. The third-order valence-corrected chi connectivity index (χ3v) is 2.28. The number of unbranched alkanes of at least 4 members (excludes halogenated alkanes) is 3. The van der Waals surface area contributed by atoms with Crippen LogP contribution < -0.4 is 0 Å². The predicted octanol–water partition coefficient (Wildman–Crippen LogP) is 3.69. The highest BCUT2D eigenvalue weighted by Gasteiger charge is 2.07. The first-order valence-corrected chi connectivity index (χ1v) is 5.90. The van der Waals surface area contributed by atoms with Crippen molar-refractivity contribution in [2.24, 2.45) is 0 Å². The molecule has 0 aliphatic rings. The Morgan fingerprint density at radius 1 is 1.14 bits per heavy atom. The molecule has 0 unspecified atom stereocenters. The molecule has 0 aromatic heterocycles. The van der Waals surface area contributed by atoms with Crippen LogP contribution in [0.1, 0.15) is 65.7 Å². The largest absolute Gasteiger partial charge is 0.463 e. The lowest BCUT2D eigenvalue weighted by Crippen LogP contribution is -2.14. The number of rotatable bonds is 8. The average molecular weight is 200 g/mol. The number of hydrogen-bond acceptors (Lipinski definition) is 2. The molecule has 0 fully saturated rings. The van der Waals surface area contributed by atoms with Gasteiger partial charge in [-0.15, -0.1) is 0 Å². The van der Waals surface area contributed by atoms with Gasteiger partial charge in [-0.3, -0.25) is 4.79 Å². The lowest BCUT2D eigenvalue weighted by atomic mass is 10.2. The van der Waals surface area contributed by atoms with E-state index in [0.717, 1.165) is 38.5 Å². The molecular formula is C12H24O2. The molecule has 2 nitrogen and oxygen atoms in total. The van der Waals surface area contributed by atoms with E-state index in [2.05, 4.69) is 13.8 Å². The molecule has 0 radical (unpaired) electrons. The standard InChI is InChI=1S/C12H24O2/c1-4-6-8-10-12(13)14-11(3)9-7-5-2/h11H,4-10H2,1-3H3/t11-/m1/s1. The first kappa shape index (κ1) is 13.5. The summed E-state index contributed by atoms with van der Waals surface area (Å²) in [5.41, 5.74) is 0. The smallest absolute Gasteiger partial charge is 0.306 e. The lowest BCUT2D eigenvalue weighted by molar-refractivity contribution is -0.148. The van der Waals surface area contributed by atoms with E-state index >= 15 is 0 Å². The Balaban J connectivity index is 3.40. The zero-order valence-electron chi connectivity index (χ0n) is 9.84. The van der Waals surface area contributed by atoms with E-state index in [1.807, 2.05) is 6.92 Å². The second kappa shape index (κ2) is 9.04. The second-order valence-corrected chi connectivity index (χ2v) is 3.90. The molecule has 0 aromatic rings. The Morgan fingerprint density at radius 2 is 1.79 bits per heavy atom. The second-order valence-electron chi connectivity index (χ2n) is 3.90. The molecule has 0 aliphatic heterocycles. The average Bonchev–Trinajstić information content (AvgIpc) is 2.15. The molecule has 0 rings (SSSR count). The van der Waals surface area contributed by atoms with Crippen LogP contribution in [0.15, 0.2) is 0 Å². The third-order valence-electron chi connectivity index (χ3n) is 2.28. The van der Waals surface area contributed by atoms with Crippen LogP contribution in [0.2, 0.25) is 0 Å². The van der Waals surface area contributed by atoms with Crippen molar-refractivity contribution in [3.05, 3.63) is 0 Å². The fraction of sp³-hybridized carbons (Fsp3) is 0.917. The van der Waals surface area contributed by atoms with Gasteiger partial charge in [0, 0.05) is 6.42 Å². The van der Waals surface area contributed by atoms with E-state index in [1.165, 1.54) is 0 Å². The summed E-state index contributed by atoms with van der Waals surface area (Å²) in [5, 5.41) is 0. The molecule has 0 saturated carbocycles. The molecule has 0 saturated heterocycles. The van der Waals surface area contributed by atoms with Gasteiger partial charge in [0.1, 0.15) is 0 Å². The zero-order chi connectivity index (χ0) is 10.8. The Morgan fingerprint density at radius 3 is 2.36 bits per heavy atom. The molecule has 2 heteroatoms. The van der Waals surface area contributed by atoms with Crippen LogP contribution in [0, 0.1) is 0 Å². The van der Waals surface area contributed by atoms with E-state index in [4.69, 9.17) is 4.74 Å². The van der Waals surface area contributed by atoms with Crippen LogP contribution in [0.25, 0.3) is 0 Å². The van der Waals surface area contributed by atoms with Crippen LogP contribution in [0.5, 0.6) is 0 Å². The molecule has 14 heavy (non-hydrogen) atoms. The van der Waals surface area contributed by atoms with E-state index in [1.54, 1.807) is 0 Å². The summed E-state index contributed by atoms with van der Waals surface area (Å²) in [6.07, 6.45) is 7.23. The summed E-state index contributed by atoms with van der Waals surface area (Å²) in [6.45, 7) is 6.26. The summed E-state index contributed by atoms with van der Waals surface area (Å²) >= 11 is 0. The van der Waals surface area contributed by atoms with Crippen molar-refractivity contribution >= 4 is 5.97 Å². The van der Waals surface area contributed by atoms with Crippen molar-refractivity contribution in [1.29, 1.82) is 0 Å².